The average molecular weight is 1010 g/mol. The molecule has 3 aromatic rings. The topological polar surface area (TPSA) is 149 Å². The molecule has 0 fully saturated rings. The molecular weight excluding hydrogens is 988 g/mol. The van der Waals surface area contributed by atoms with Crippen LogP contribution in [0, 0.1) is 0 Å². The number of carbonyl (C=O) groups is 3. The molecule has 10 nitrogen and oxygen atoms in total. The highest BCUT2D eigenvalue weighted by molar-refractivity contribution is 9.11. The summed E-state index contributed by atoms with van der Waals surface area (Å²) in [5.41, 5.74) is 1.73. The van der Waals surface area contributed by atoms with Crippen molar-refractivity contribution in [1.82, 2.24) is 0 Å². The molecule has 0 saturated heterocycles. The van der Waals surface area contributed by atoms with E-state index in [2.05, 4.69) is 110 Å². The molecule has 0 unspecified atom stereocenters. The van der Waals surface area contributed by atoms with Crippen molar-refractivity contribution in [3.63, 3.8) is 0 Å². The van der Waals surface area contributed by atoms with Crippen LogP contribution in [-0.2, 0) is 35.0 Å². The van der Waals surface area contributed by atoms with Crippen LogP contribution in [0.5, 0.6) is 23.0 Å². The number of phenols is 3. The minimum atomic E-state index is -0.463. The number of esters is 3. The first-order valence-electron chi connectivity index (χ1n) is 12.2. The fourth-order valence-electron chi connectivity index (χ4n) is 2.85. The molecule has 0 saturated carbocycles. The van der Waals surface area contributed by atoms with E-state index in [1.165, 1.54) is 27.4 Å². The highest BCUT2D eigenvalue weighted by atomic mass is 79.9. The van der Waals surface area contributed by atoms with E-state index in [1.54, 1.807) is 42.5 Å². The van der Waals surface area contributed by atoms with E-state index in [0.717, 1.165) is 11.1 Å². The Bertz CT molecular complexity index is 1380. The monoisotopic (exact) mass is 1010 g/mol. The molecule has 3 aromatic carbocycles. The second-order valence-electron chi connectivity index (χ2n) is 8.27. The zero-order valence-electron chi connectivity index (χ0n) is 23.7. The van der Waals surface area contributed by atoms with Crippen molar-refractivity contribution >= 4 is 120 Å². The minimum absolute atomic E-state index is 0.0837. The van der Waals surface area contributed by atoms with E-state index in [4.69, 9.17) is 4.74 Å². The highest BCUT2D eigenvalue weighted by Gasteiger charge is 2.09. The molecule has 0 aliphatic heterocycles. The van der Waals surface area contributed by atoms with E-state index in [0.29, 0.717) is 45.4 Å². The summed E-state index contributed by atoms with van der Waals surface area (Å²) in [5, 5.41) is 28.3. The van der Waals surface area contributed by atoms with Crippen LogP contribution in [0.1, 0.15) is 17.5 Å². The zero-order valence-corrected chi connectivity index (χ0v) is 33.2. The van der Waals surface area contributed by atoms with Crippen molar-refractivity contribution in [3.8, 4) is 23.0 Å². The van der Waals surface area contributed by atoms with Crippen LogP contribution in [-0.4, -0.2) is 61.2 Å². The van der Waals surface area contributed by atoms with E-state index in [-0.39, 0.29) is 29.8 Å². The number of carbonyl (C=O) groups excluding carboxylic acids is 3. The Morgan fingerprint density at radius 2 is 1.07 bits per heavy atom. The lowest BCUT2D eigenvalue weighted by Crippen LogP contribution is -2.12. The SMILES string of the molecule is COC(=O)/C=C/c1cc(Br)c(O)c(Br)c1.COC(=O)CCc1cc(Br)c(O)c(Br)c1.COC(=O)COc1cc(Br)c(O)c(Br)c1. The van der Waals surface area contributed by atoms with Gasteiger partial charge in [-0.1, -0.05) is 0 Å². The van der Waals surface area contributed by atoms with Gasteiger partial charge in [0.05, 0.1) is 48.2 Å². The van der Waals surface area contributed by atoms with E-state index >= 15 is 0 Å². The van der Waals surface area contributed by atoms with Gasteiger partial charge in [0.1, 0.15) is 23.0 Å². The maximum absolute atomic E-state index is 10.9. The lowest BCUT2D eigenvalue weighted by molar-refractivity contribution is -0.143. The van der Waals surface area contributed by atoms with Crippen molar-refractivity contribution in [2.24, 2.45) is 0 Å². The predicted octanol–water partition coefficient (Wildman–Crippen LogP) is 8.60. The molecule has 3 N–H and O–H groups in total. The number of aromatic hydroxyl groups is 3. The lowest BCUT2D eigenvalue weighted by atomic mass is 10.1. The van der Waals surface area contributed by atoms with Gasteiger partial charge < -0.3 is 34.3 Å². The van der Waals surface area contributed by atoms with Crippen LogP contribution in [0.25, 0.3) is 6.08 Å². The van der Waals surface area contributed by atoms with Crippen LogP contribution in [0.15, 0.2) is 69.3 Å². The Hall–Kier alpha value is -2.11. The standard InChI is InChI=1S/C10H10Br2O3.C10H8Br2O3.C9H8Br2O4/c2*1-15-9(13)3-2-6-4-7(11)10(14)8(12)5-6;1-14-8(12)4-15-5-2-6(10)9(13)7(11)3-5/h4-5,14H,2-3H2,1H3;2-5,14H,1H3;2-3,13H,4H2,1H3/b;3-2+;. The third-order valence-corrected chi connectivity index (χ3v) is 8.78. The Balaban J connectivity index is 0.000000337. The van der Waals surface area contributed by atoms with Gasteiger partial charge in [-0.25, -0.2) is 9.59 Å². The van der Waals surface area contributed by atoms with Gasteiger partial charge in [-0.3, -0.25) is 4.79 Å². The molecule has 0 aliphatic carbocycles. The van der Waals surface area contributed by atoms with Gasteiger partial charge in [0, 0.05) is 12.5 Å². The Kier molecular flexibility index (Phi) is 19.0. The normalized spacial score (nSPS) is 10.2. The van der Waals surface area contributed by atoms with Gasteiger partial charge in [-0.2, -0.15) is 0 Å². The van der Waals surface area contributed by atoms with Crippen molar-refractivity contribution in [1.29, 1.82) is 0 Å². The molecule has 0 radical (unpaired) electrons. The van der Waals surface area contributed by atoms with Gasteiger partial charge in [0.15, 0.2) is 6.61 Å². The first kappa shape index (κ1) is 40.9. The molecule has 16 heteroatoms. The average Bonchev–Trinajstić information content (AvgIpc) is 3.01. The third kappa shape index (κ3) is 14.9. The summed E-state index contributed by atoms with van der Waals surface area (Å²) in [5.74, 6) is -0.291. The molecular formula is C29H26Br6O10. The summed E-state index contributed by atoms with van der Waals surface area (Å²) in [4.78, 5) is 32.6. The molecule has 0 amide bonds. The van der Waals surface area contributed by atoms with Crippen molar-refractivity contribution < 1.29 is 48.7 Å². The Labute approximate surface area is 309 Å². The van der Waals surface area contributed by atoms with Gasteiger partial charge in [-0.15, -0.1) is 0 Å². The number of benzene rings is 3. The first-order valence-corrected chi connectivity index (χ1v) is 16.9. The first-order chi connectivity index (χ1) is 21.1. The predicted molar refractivity (Wildman–Crippen MR) is 189 cm³/mol. The summed E-state index contributed by atoms with van der Waals surface area (Å²) in [6.45, 7) is -0.167. The largest absolute Gasteiger partial charge is 0.506 e. The molecule has 0 atom stereocenters. The van der Waals surface area contributed by atoms with Crippen molar-refractivity contribution in [2.75, 3.05) is 27.9 Å². The highest BCUT2D eigenvalue weighted by Crippen LogP contribution is 2.36. The Morgan fingerprint density at radius 3 is 1.49 bits per heavy atom. The molecule has 0 bridgehead atoms. The van der Waals surface area contributed by atoms with Crippen LogP contribution in [0.4, 0.5) is 0 Å². The Morgan fingerprint density at radius 1 is 0.644 bits per heavy atom. The summed E-state index contributed by atoms with van der Waals surface area (Å²) < 4.78 is 21.8. The number of hydrogen-bond donors (Lipinski definition) is 3. The summed E-state index contributed by atoms with van der Waals surface area (Å²) in [7, 11) is 3.97. The van der Waals surface area contributed by atoms with Crippen molar-refractivity contribution in [3.05, 3.63) is 80.4 Å². The van der Waals surface area contributed by atoms with Crippen LogP contribution in [0.3, 0.4) is 0 Å². The van der Waals surface area contributed by atoms with Crippen LogP contribution < -0.4 is 4.74 Å². The van der Waals surface area contributed by atoms with Gasteiger partial charge in [0.2, 0.25) is 0 Å². The molecule has 0 aliphatic rings. The number of halogens is 6. The number of phenolic OH excluding ortho intramolecular Hbond substituents is 3. The molecule has 244 valence electrons. The second-order valence-corrected chi connectivity index (χ2v) is 13.4. The van der Waals surface area contributed by atoms with Crippen LogP contribution >= 0.6 is 95.6 Å². The molecule has 0 aromatic heterocycles. The third-order valence-electron chi connectivity index (χ3n) is 5.15. The van der Waals surface area contributed by atoms with E-state index in [1.807, 2.05) is 0 Å². The van der Waals surface area contributed by atoms with E-state index in [9.17, 15) is 29.7 Å². The van der Waals surface area contributed by atoms with Crippen LogP contribution in [0.2, 0.25) is 0 Å². The number of hydrogen-bond acceptors (Lipinski definition) is 10. The van der Waals surface area contributed by atoms with E-state index < -0.39 is 11.9 Å². The summed E-state index contributed by atoms with van der Waals surface area (Å²) in [6.07, 6.45) is 3.83. The summed E-state index contributed by atoms with van der Waals surface area (Å²) in [6, 6.07) is 10.1. The molecule has 0 spiro atoms. The van der Waals surface area contributed by atoms with Crippen molar-refractivity contribution in [2.45, 2.75) is 12.8 Å². The van der Waals surface area contributed by atoms with Gasteiger partial charge in [-0.05, 0) is 156 Å². The van der Waals surface area contributed by atoms with Gasteiger partial charge in [0.25, 0.3) is 0 Å². The fourth-order valence-corrected chi connectivity index (χ4v) is 6.50. The lowest BCUT2D eigenvalue weighted by Gasteiger charge is -2.07. The number of ether oxygens (including phenoxy) is 4. The van der Waals surface area contributed by atoms with Gasteiger partial charge >= 0.3 is 17.9 Å². The number of rotatable bonds is 8. The maximum atomic E-state index is 10.9. The number of methoxy groups -OCH3 is 3. The zero-order chi connectivity index (χ0) is 34.3. The molecule has 45 heavy (non-hydrogen) atoms. The maximum Gasteiger partial charge on any atom is 0.343 e. The quantitative estimate of drug-likeness (QED) is 0.114. The molecule has 0 heterocycles. The minimum Gasteiger partial charge on any atom is -0.506 e. The second kappa shape index (κ2) is 20.9. The summed E-state index contributed by atoms with van der Waals surface area (Å²) >= 11 is 19.1. The fraction of sp³-hybridized carbons (Fsp3) is 0.207. The molecule has 3 rings (SSSR count). The number of aryl methyl sites for hydroxylation is 1. The smallest absolute Gasteiger partial charge is 0.343 e.